The lowest BCUT2D eigenvalue weighted by molar-refractivity contribution is 0.353. The summed E-state index contributed by atoms with van der Waals surface area (Å²) < 4.78 is 5.45. The molecule has 1 aromatic rings. The molecule has 0 aliphatic heterocycles. The van der Waals surface area contributed by atoms with Crippen LogP contribution in [0.2, 0.25) is 0 Å². The minimum atomic E-state index is -0.127. The van der Waals surface area contributed by atoms with Crippen LogP contribution in [0.4, 0.5) is 5.69 Å². The number of hydrogen-bond acceptors (Lipinski definition) is 2. The van der Waals surface area contributed by atoms with E-state index in [9.17, 15) is 0 Å². The Morgan fingerprint density at radius 1 is 1.22 bits per heavy atom. The fraction of sp³-hybridized carbons (Fsp3) is 0.167. The van der Waals surface area contributed by atoms with Gasteiger partial charge in [0.25, 0.3) is 0 Å². The first-order valence-electron chi connectivity index (χ1n) is 5.28. The molecule has 0 spiro atoms. The number of benzene rings is 1. The van der Waals surface area contributed by atoms with Crippen molar-refractivity contribution in [3.05, 3.63) is 36.4 Å². The molecule has 0 fully saturated rings. The zero-order valence-electron chi connectivity index (χ0n) is 10.3. The molecule has 96 valence electrons. The molecule has 1 rings (SSSR count). The predicted octanol–water partition coefficient (Wildman–Crippen LogP) is 0.861. The van der Waals surface area contributed by atoms with Crippen molar-refractivity contribution in [1.29, 1.82) is 0 Å². The third-order valence-electron chi connectivity index (χ3n) is 1.81. The van der Waals surface area contributed by atoms with E-state index in [1.165, 1.54) is 0 Å². The Bertz CT molecular complexity index is 472. The number of aliphatic imine (C=N–C) groups is 2. The smallest absolute Gasteiger partial charge is 0.223 e. The molecule has 0 heterocycles. The van der Waals surface area contributed by atoms with Crippen LogP contribution in [0.5, 0.6) is 5.75 Å². The fourth-order valence-electron chi connectivity index (χ4n) is 1.11. The van der Waals surface area contributed by atoms with Gasteiger partial charge in [0.15, 0.2) is 5.96 Å². The summed E-state index contributed by atoms with van der Waals surface area (Å²) in [7, 11) is 0. The molecule has 18 heavy (non-hydrogen) atoms. The van der Waals surface area contributed by atoms with Gasteiger partial charge in [0.1, 0.15) is 12.4 Å². The third-order valence-corrected chi connectivity index (χ3v) is 1.81. The van der Waals surface area contributed by atoms with Crippen LogP contribution in [0.15, 0.2) is 46.4 Å². The molecule has 0 aromatic heterocycles. The van der Waals surface area contributed by atoms with Crippen molar-refractivity contribution in [3.8, 4) is 5.75 Å². The maximum atomic E-state index is 5.50. The lowest BCUT2D eigenvalue weighted by Crippen LogP contribution is -2.26. The van der Waals surface area contributed by atoms with Gasteiger partial charge in [0.2, 0.25) is 5.96 Å². The highest BCUT2D eigenvalue weighted by atomic mass is 16.5. The highest BCUT2D eigenvalue weighted by Gasteiger charge is 1.96. The van der Waals surface area contributed by atoms with Gasteiger partial charge in [0, 0.05) is 0 Å². The van der Waals surface area contributed by atoms with Crippen molar-refractivity contribution in [2.45, 2.75) is 6.92 Å². The Balaban J connectivity index is 2.71. The molecule has 1 aromatic carbocycles. The number of nitrogens with two attached hydrogens (primary N) is 3. The van der Waals surface area contributed by atoms with Crippen LogP contribution in [0.3, 0.4) is 0 Å². The third kappa shape index (κ3) is 5.02. The van der Waals surface area contributed by atoms with Crippen molar-refractivity contribution < 1.29 is 4.74 Å². The van der Waals surface area contributed by atoms with E-state index >= 15 is 0 Å². The highest BCUT2D eigenvalue weighted by molar-refractivity contribution is 5.93. The van der Waals surface area contributed by atoms with Gasteiger partial charge in [-0.3, -0.25) is 0 Å². The zero-order valence-corrected chi connectivity index (χ0v) is 10.3. The molecule has 0 aliphatic carbocycles. The standard InChI is InChI=1S/C12H17N5O/c1-8(2)7-18-10-5-3-9(4-6-10)16-12(15)17-11(13)14/h3-6H,1,7H2,2H3,(H6,13,14,15,16,17). The van der Waals surface area contributed by atoms with Gasteiger partial charge >= 0.3 is 0 Å². The highest BCUT2D eigenvalue weighted by Crippen LogP contribution is 2.18. The Morgan fingerprint density at radius 2 is 1.83 bits per heavy atom. The molecular weight excluding hydrogens is 230 g/mol. The van der Waals surface area contributed by atoms with Gasteiger partial charge in [-0.2, -0.15) is 4.99 Å². The average molecular weight is 247 g/mol. The number of ether oxygens (including phenoxy) is 1. The summed E-state index contributed by atoms with van der Waals surface area (Å²) in [6.07, 6.45) is 0. The summed E-state index contributed by atoms with van der Waals surface area (Å²) >= 11 is 0. The zero-order chi connectivity index (χ0) is 13.5. The summed E-state index contributed by atoms with van der Waals surface area (Å²) in [5.41, 5.74) is 17.4. The molecule has 0 radical (unpaired) electrons. The van der Waals surface area contributed by atoms with Crippen LogP contribution in [0.1, 0.15) is 6.92 Å². The van der Waals surface area contributed by atoms with Crippen molar-refractivity contribution in [2.75, 3.05) is 6.61 Å². The van der Waals surface area contributed by atoms with Gasteiger partial charge < -0.3 is 21.9 Å². The van der Waals surface area contributed by atoms with Crippen LogP contribution < -0.4 is 21.9 Å². The summed E-state index contributed by atoms with van der Waals surface area (Å²) in [5.74, 6) is 0.612. The first kappa shape index (κ1) is 13.6. The molecule has 6 nitrogen and oxygen atoms in total. The molecule has 0 saturated heterocycles. The molecule has 0 saturated carbocycles. The quantitative estimate of drug-likeness (QED) is 0.416. The van der Waals surface area contributed by atoms with Crippen molar-refractivity contribution in [2.24, 2.45) is 27.2 Å². The molecule has 0 atom stereocenters. The van der Waals surface area contributed by atoms with Crippen LogP contribution >= 0.6 is 0 Å². The second kappa shape index (κ2) is 6.29. The van der Waals surface area contributed by atoms with Crippen LogP contribution in [0.25, 0.3) is 0 Å². The van der Waals surface area contributed by atoms with Gasteiger partial charge in [0.05, 0.1) is 5.69 Å². The van der Waals surface area contributed by atoms with E-state index in [1.54, 1.807) is 24.3 Å². The van der Waals surface area contributed by atoms with E-state index < -0.39 is 0 Å². The molecule has 0 bridgehead atoms. The van der Waals surface area contributed by atoms with Crippen LogP contribution in [-0.4, -0.2) is 18.5 Å². The van der Waals surface area contributed by atoms with Gasteiger partial charge in [-0.05, 0) is 36.8 Å². The molecule has 6 heteroatoms. The lowest BCUT2D eigenvalue weighted by Gasteiger charge is -2.05. The second-order valence-electron chi connectivity index (χ2n) is 3.75. The summed E-state index contributed by atoms with van der Waals surface area (Å²) in [6, 6.07) is 7.07. The largest absolute Gasteiger partial charge is 0.489 e. The Morgan fingerprint density at radius 3 is 2.33 bits per heavy atom. The molecular formula is C12H17N5O. The van der Waals surface area contributed by atoms with E-state index in [1.807, 2.05) is 6.92 Å². The van der Waals surface area contributed by atoms with E-state index in [-0.39, 0.29) is 11.9 Å². The van der Waals surface area contributed by atoms with Gasteiger partial charge in [-0.1, -0.05) is 6.58 Å². The van der Waals surface area contributed by atoms with Crippen LogP contribution in [-0.2, 0) is 0 Å². The van der Waals surface area contributed by atoms with Crippen molar-refractivity contribution in [3.63, 3.8) is 0 Å². The summed E-state index contributed by atoms with van der Waals surface area (Å²) in [6.45, 7) is 6.14. The Kier molecular flexibility index (Phi) is 4.74. The first-order chi connectivity index (χ1) is 8.47. The first-order valence-corrected chi connectivity index (χ1v) is 5.28. The normalized spacial score (nSPS) is 10.8. The van der Waals surface area contributed by atoms with E-state index in [2.05, 4.69) is 16.6 Å². The minimum Gasteiger partial charge on any atom is -0.489 e. The predicted molar refractivity (Wildman–Crippen MR) is 73.8 cm³/mol. The monoisotopic (exact) mass is 247 g/mol. The number of nitrogens with zero attached hydrogens (tertiary/aromatic N) is 2. The summed E-state index contributed by atoms with van der Waals surface area (Å²) in [5, 5.41) is 0. The van der Waals surface area contributed by atoms with Crippen LogP contribution in [0, 0.1) is 0 Å². The van der Waals surface area contributed by atoms with Crippen molar-refractivity contribution >= 4 is 17.6 Å². The lowest BCUT2D eigenvalue weighted by atomic mass is 10.3. The van der Waals surface area contributed by atoms with E-state index in [0.717, 1.165) is 11.3 Å². The number of guanidine groups is 2. The molecule has 0 aliphatic rings. The van der Waals surface area contributed by atoms with E-state index in [4.69, 9.17) is 21.9 Å². The summed E-state index contributed by atoms with van der Waals surface area (Å²) in [4.78, 5) is 7.62. The molecule has 0 unspecified atom stereocenters. The minimum absolute atomic E-state index is 0.00519. The topological polar surface area (TPSA) is 112 Å². The van der Waals surface area contributed by atoms with Crippen molar-refractivity contribution in [1.82, 2.24) is 0 Å². The number of hydrogen-bond donors (Lipinski definition) is 3. The van der Waals surface area contributed by atoms with Gasteiger partial charge in [-0.15, -0.1) is 0 Å². The molecule has 6 N–H and O–H groups in total. The van der Waals surface area contributed by atoms with E-state index in [0.29, 0.717) is 12.3 Å². The second-order valence-corrected chi connectivity index (χ2v) is 3.75. The SMILES string of the molecule is C=C(C)COc1ccc(N=C(N)N=C(N)N)cc1. The maximum Gasteiger partial charge on any atom is 0.223 e. The number of rotatable bonds is 4. The van der Waals surface area contributed by atoms with Gasteiger partial charge in [-0.25, -0.2) is 4.99 Å². The Labute approximate surface area is 106 Å². The fourth-order valence-corrected chi connectivity index (χ4v) is 1.11. The molecule has 0 amide bonds. The average Bonchev–Trinajstić information content (AvgIpc) is 2.26. The Hall–Kier alpha value is -2.50. The maximum absolute atomic E-state index is 5.50.